The summed E-state index contributed by atoms with van der Waals surface area (Å²) in [4.78, 5) is 8.45. The van der Waals surface area contributed by atoms with Crippen LogP contribution in [0.5, 0.6) is 0 Å². The van der Waals surface area contributed by atoms with E-state index in [0.717, 1.165) is 35.9 Å². The van der Waals surface area contributed by atoms with E-state index in [1.165, 1.54) is 6.33 Å². The van der Waals surface area contributed by atoms with Crippen molar-refractivity contribution in [3.8, 4) is 0 Å². The van der Waals surface area contributed by atoms with Gasteiger partial charge in [0, 0.05) is 12.2 Å². The van der Waals surface area contributed by atoms with Crippen molar-refractivity contribution in [2.45, 2.75) is 38.3 Å². The molecule has 26 heavy (non-hydrogen) atoms. The Bertz CT molecular complexity index is 973. The lowest BCUT2D eigenvalue weighted by molar-refractivity contribution is 0.0382. The van der Waals surface area contributed by atoms with Gasteiger partial charge >= 0.3 is 0 Å². The van der Waals surface area contributed by atoms with E-state index in [9.17, 15) is 5.11 Å². The molecular formula is C19H20Cl2N4O. The van der Waals surface area contributed by atoms with Crippen LogP contribution in [0.2, 0.25) is 10.0 Å². The van der Waals surface area contributed by atoms with Gasteiger partial charge in [0.25, 0.3) is 0 Å². The topological polar surface area (TPSA) is 77.0 Å². The smallest absolute Gasteiger partial charge is 0.145 e. The van der Waals surface area contributed by atoms with Gasteiger partial charge in [-0.05, 0) is 48.4 Å². The van der Waals surface area contributed by atoms with Gasteiger partial charge in [-0.3, -0.25) is 0 Å². The Kier molecular flexibility index (Phi) is 4.34. The summed E-state index contributed by atoms with van der Waals surface area (Å²) in [7, 11) is 0. The summed E-state index contributed by atoms with van der Waals surface area (Å²) >= 11 is 12.1. The molecule has 136 valence electrons. The van der Waals surface area contributed by atoms with E-state index in [1.54, 1.807) is 12.1 Å². The fraction of sp³-hybridized carbons (Fsp3) is 0.368. The van der Waals surface area contributed by atoms with Crippen LogP contribution in [0.25, 0.3) is 11.0 Å². The summed E-state index contributed by atoms with van der Waals surface area (Å²) in [6.07, 6.45) is 5.60. The van der Waals surface area contributed by atoms with Gasteiger partial charge in [0.15, 0.2) is 0 Å². The number of hydrogen-bond donors (Lipinski definition) is 2. The molecule has 4 rings (SSSR count). The van der Waals surface area contributed by atoms with Crippen LogP contribution in [0.1, 0.15) is 43.9 Å². The lowest BCUT2D eigenvalue weighted by atomic mass is 9.79. The zero-order valence-electron chi connectivity index (χ0n) is 14.4. The Hall–Kier alpha value is -1.82. The molecule has 3 atom stereocenters. The Labute approximate surface area is 161 Å². The summed E-state index contributed by atoms with van der Waals surface area (Å²) in [5.41, 5.74) is 7.33. The first-order valence-corrected chi connectivity index (χ1v) is 9.35. The highest BCUT2D eigenvalue weighted by Crippen LogP contribution is 2.52. The first-order valence-electron chi connectivity index (χ1n) is 8.59. The molecule has 0 saturated heterocycles. The molecule has 2 aromatic heterocycles. The highest BCUT2D eigenvalue weighted by Gasteiger charge is 2.42. The Morgan fingerprint density at radius 2 is 2.08 bits per heavy atom. The van der Waals surface area contributed by atoms with Crippen LogP contribution in [0.15, 0.2) is 36.8 Å². The molecule has 1 fully saturated rings. The van der Waals surface area contributed by atoms with E-state index >= 15 is 0 Å². The molecule has 5 nitrogen and oxygen atoms in total. The van der Waals surface area contributed by atoms with Crippen molar-refractivity contribution in [2.75, 3.05) is 5.73 Å². The van der Waals surface area contributed by atoms with E-state index in [0.29, 0.717) is 15.9 Å². The highest BCUT2D eigenvalue weighted by atomic mass is 35.5. The molecule has 3 aromatic rings. The molecule has 0 radical (unpaired) electrons. The van der Waals surface area contributed by atoms with Gasteiger partial charge in [0.05, 0.1) is 21.5 Å². The predicted octanol–water partition coefficient (Wildman–Crippen LogP) is 4.79. The number of aromatic nitrogens is 3. The first kappa shape index (κ1) is 17.6. The van der Waals surface area contributed by atoms with Gasteiger partial charge < -0.3 is 15.4 Å². The number of nitrogens with two attached hydrogens (primary N) is 1. The number of aliphatic hydroxyl groups is 1. The second-order valence-electron chi connectivity index (χ2n) is 7.35. The average molecular weight is 391 g/mol. The quantitative estimate of drug-likeness (QED) is 0.673. The average Bonchev–Trinajstić information content (AvgIpc) is 3.22. The molecule has 0 spiro atoms. The van der Waals surface area contributed by atoms with Crippen molar-refractivity contribution in [2.24, 2.45) is 5.41 Å². The molecule has 0 amide bonds. The minimum atomic E-state index is -0.608. The molecule has 0 bridgehead atoms. The van der Waals surface area contributed by atoms with Gasteiger partial charge in [-0.1, -0.05) is 36.2 Å². The summed E-state index contributed by atoms with van der Waals surface area (Å²) in [5, 5.41) is 12.8. The van der Waals surface area contributed by atoms with E-state index < -0.39 is 6.10 Å². The van der Waals surface area contributed by atoms with Crippen molar-refractivity contribution in [1.82, 2.24) is 14.5 Å². The number of aliphatic hydroxyl groups excluding tert-OH is 1. The third-order valence-electron chi connectivity index (χ3n) is 5.60. The maximum Gasteiger partial charge on any atom is 0.145 e. The Morgan fingerprint density at radius 3 is 2.85 bits per heavy atom. The van der Waals surface area contributed by atoms with Crippen LogP contribution in [0.3, 0.4) is 0 Å². The van der Waals surface area contributed by atoms with Gasteiger partial charge in [0.2, 0.25) is 0 Å². The van der Waals surface area contributed by atoms with E-state index in [-0.39, 0.29) is 11.5 Å². The van der Waals surface area contributed by atoms with Gasteiger partial charge in [-0.2, -0.15) is 0 Å². The fourth-order valence-corrected chi connectivity index (χ4v) is 4.40. The van der Waals surface area contributed by atoms with Crippen LogP contribution >= 0.6 is 23.2 Å². The van der Waals surface area contributed by atoms with Crippen LogP contribution in [0.4, 0.5) is 5.82 Å². The van der Waals surface area contributed by atoms with Crippen LogP contribution in [0, 0.1) is 5.41 Å². The second-order valence-corrected chi connectivity index (χ2v) is 8.16. The minimum absolute atomic E-state index is 0.253. The first-order chi connectivity index (χ1) is 12.4. The number of halogens is 2. The number of hydrogen-bond acceptors (Lipinski definition) is 4. The molecule has 1 aromatic carbocycles. The predicted molar refractivity (Wildman–Crippen MR) is 104 cm³/mol. The SMILES string of the molecule is C[C@@]1(C(O)c2ccc(Cl)c(Cl)c2)CCC(n2ccc3c(N)ncnc32)C1. The van der Waals surface area contributed by atoms with E-state index in [1.807, 2.05) is 18.3 Å². The Balaban J connectivity index is 1.62. The summed E-state index contributed by atoms with van der Waals surface area (Å²) in [6.45, 7) is 2.12. The molecule has 3 N–H and O–H groups in total. The molecule has 2 unspecified atom stereocenters. The van der Waals surface area contributed by atoms with Crippen molar-refractivity contribution < 1.29 is 5.11 Å². The monoisotopic (exact) mass is 390 g/mol. The van der Waals surface area contributed by atoms with Gasteiger partial charge in [-0.15, -0.1) is 0 Å². The maximum absolute atomic E-state index is 11.0. The molecule has 1 saturated carbocycles. The largest absolute Gasteiger partial charge is 0.388 e. The fourth-order valence-electron chi connectivity index (χ4n) is 4.09. The normalized spacial score (nSPS) is 24.2. The van der Waals surface area contributed by atoms with Crippen molar-refractivity contribution >= 4 is 40.1 Å². The summed E-state index contributed by atoms with van der Waals surface area (Å²) in [5.74, 6) is 0.491. The molecule has 0 aliphatic heterocycles. The number of nitrogen functional groups attached to an aromatic ring is 1. The zero-order valence-corrected chi connectivity index (χ0v) is 15.9. The van der Waals surface area contributed by atoms with E-state index in [4.69, 9.17) is 28.9 Å². The third kappa shape index (κ3) is 2.84. The standard InChI is InChI=1S/C19H20Cl2N4O/c1-19(16(26)11-2-3-14(20)15(21)8-11)6-4-12(9-19)25-7-5-13-17(22)23-10-24-18(13)25/h2-3,5,7-8,10,12,16,26H,4,6,9H2,1H3,(H2,22,23,24)/t12?,16?,19-/m1/s1. The van der Waals surface area contributed by atoms with E-state index in [2.05, 4.69) is 21.5 Å². The lowest BCUT2D eigenvalue weighted by Crippen LogP contribution is -2.23. The summed E-state index contributed by atoms with van der Waals surface area (Å²) < 4.78 is 2.15. The number of fused-ring (bicyclic) bond motifs is 1. The minimum Gasteiger partial charge on any atom is -0.388 e. The number of nitrogens with zero attached hydrogens (tertiary/aromatic N) is 3. The van der Waals surface area contributed by atoms with Gasteiger partial charge in [0.1, 0.15) is 17.8 Å². The second kappa shape index (κ2) is 6.41. The van der Waals surface area contributed by atoms with Crippen molar-refractivity contribution in [3.05, 3.63) is 52.4 Å². The number of anilines is 1. The third-order valence-corrected chi connectivity index (χ3v) is 6.34. The maximum atomic E-state index is 11.0. The molecule has 2 heterocycles. The van der Waals surface area contributed by atoms with Gasteiger partial charge in [-0.25, -0.2) is 9.97 Å². The molecule has 1 aliphatic rings. The zero-order chi connectivity index (χ0) is 18.5. The molecular weight excluding hydrogens is 371 g/mol. The van der Waals surface area contributed by atoms with Crippen LogP contribution in [-0.2, 0) is 0 Å². The highest BCUT2D eigenvalue weighted by molar-refractivity contribution is 6.42. The lowest BCUT2D eigenvalue weighted by Gasteiger charge is -2.31. The summed E-state index contributed by atoms with van der Waals surface area (Å²) in [6, 6.07) is 7.54. The van der Waals surface area contributed by atoms with Crippen molar-refractivity contribution in [3.63, 3.8) is 0 Å². The molecule has 7 heteroatoms. The molecule has 1 aliphatic carbocycles. The number of benzene rings is 1. The number of rotatable bonds is 3. The van der Waals surface area contributed by atoms with Crippen molar-refractivity contribution in [1.29, 1.82) is 0 Å². The van der Waals surface area contributed by atoms with Crippen LogP contribution in [-0.4, -0.2) is 19.6 Å². The van der Waals surface area contributed by atoms with Crippen LogP contribution < -0.4 is 5.73 Å². The Morgan fingerprint density at radius 1 is 1.27 bits per heavy atom.